The fourth-order valence-corrected chi connectivity index (χ4v) is 0.968. The molecule has 0 amide bonds. The van der Waals surface area contributed by atoms with Gasteiger partial charge in [0, 0.05) is 6.07 Å². The molecule has 0 bridgehead atoms. The van der Waals surface area contributed by atoms with E-state index in [4.69, 9.17) is 5.11 Å². The lowest BCUT2D eigenvalue weighted by molar-refractivity contribution is -0.131. The lowest BCUT2D eigenvalue weighted by Crippen LogP contribution is -2.13. The Balaban J connectivity index is 3.20. The van der Waals surface area contributed by atoms with Gasteiger partial charge in [0.05, 0.1) is 12.7 Å². The Bertz CT molecular complexity index is 386. The number of halogens is 1. The smallest absolute Gasteiger partial charge is 0.377 e. The summed E-state index contributed by atoms with van der Waals surface area (Å²) in [6.45, 7) is 0. The highest BCUT2D eigenvalue weighted by molar-refractivity contribution is 6.40. The number of aliphatic carboxylic acids is 1. The molecule has 74 valence electrons. The molecule has 0 aliphatic carbocycles. The van der Waals surface area contributed by atoms with E-state index in [2.05, 4.69) is 4.74 Å². The number of benzene rings is 1. The highest BCUT2D eigenvalue weighted by atomic mass is 19.1. The third-order valence-electron chi connectivity index (χ3n) is 1.60. The van der Waals surface area contributed by atoms with Gasteiger partial charge in [-0.25, -0.2) is 9.18 Å². The van der Waals surface area contributed by atoms with E-state index < -0.39 is 17.6 Å². The van der Waals surface area contributed by atoms with Crippen LogP contribution in [0.15, 0.2) is 18.2 Å². The lowest BCUT2D eigenvalue weighted by atomic mass is 10.1. The van der Waals surface area contributed by atoms with Crippen LogP contribution in [0.5, 0.6) is 5.75 Å². The molecule has 0 radical (unpaired) electrons. The molecule has 14 heavy (non-hydrogen) atoms. The summed E-state index contributed by atoms with van der Waals surface area (Å²) in [6, 6.07) is 3.03. The van der Waals surface area contributed by atoms with Gasteiger partial charge >= 0.3 is 5.97 Å². The van der Waals surface area contributed by atoms with E-state index >= 15 is 0 Å². The Morgan fingerprint density at radius 1 is 1.43 bits per heavy atom. The van der Waals surface area contributed by atoms with Crippen molar-refractivity contribution in [1.82, 2.24) is 0 Å². The van der Waals surface area contributed by atoms with Crippen molar-refractivity contribution in [2.75, 3.05) is 7.11 Å². The average molecular weight is 198 g/mol. The molecule has 0 heterocycles. The van der Waals surface area contributed by atoms with Crippen LogP contribution in [-0.4, -0.2) is 24.0 Å². The molecule has 1 aromatic carbocycles. The highest BCUT2D eigenvalue weighted by Crippen LogP contribution is 2.19. The lowest BCUT2D eigenvalue weighted by Gasteiger charge is -2.04. The summed E-state index contributed by atoms with van der Waals surface area (Å²) >= 11 is 0. The van der Waals surface area contributed by atoms with Gasteiger partial charge in [-0.2, -0.15) is 0 Å². The average Bonchev–Trinajstić information content (AvgIpc) is 2.16. The van der Waals surface area contributed by atoms with E-state index in [9.17, 15) is 14.0 Å². The molecule has 0 atom stereocenters. The van der Waals surface area contributed by atoms with Crippen molar-refractivity contribution in [3.05, 3.63) is 29.6 Å². The quantitative estimate of drug-likeness (QED) is 0.583. The minimum absolute atomic E-state index is 0.0857. The van der Waals surface area contributed by atoms with Crippen molar-refractivity contribution in [3.63, 3.8) is 0 Å². The third kappa shape index (κ3) is 1.87. The van der Waals surface area contributed by atoms with Crippen LogP contribution in [0.4, 0.5) is 4.39 Å². The first kappa shape index (κ1) is 10.2. The number of carbonyl (C=O) groups is 2. The maximum atomic E-state index is 12.7. The van der Waals surface area contributed by atoms with Gasteiger partial charge in [-0.05, 0) is 12.1 Å². The van der Waals surface area contributed by atoms with Crippen LogP contribution in [0, 0.1) is 5.82 Å². The molecule has 0 saturated heterocycles. The standard InChI is InChI=1S/C9H7FO4/c1-14-7-4-5(10)2-3-6(7)8(11)9(12)13/h2-4H,1H3,(H,12,13). The van der Waals surface area contributed by atoms with Crippen molar-refractivity contribution < 1.29 is 23.8 Å². The van der Waals surface area contributed by atoms with Crippen LogP contribution < -0.4 is 4.74 Å². The van der Waals surface area contributed by atoms with Crippen LogP contribution in [0.3, 0.4) is 0 Å². The number of hydrogen-bond acceptors (Lipinski definition) is 3. The third-order valence-corrected chi connectivity index (χ3v) is 1.60. The number of hydrogen-bond donors (Lipinski definition) is 1. The molecule has 5 heteroatoms. The summed E-state index contributed by atoms with van der Waals surface area (Å²) in [5.41, 5.74) is -0.165. The summed E-state index contributed by atoms with van der Waals surface area (Å²) in [6.07, 6.45) is 0. The summed E-state index contributed by atoms with van der Waals surface area (Å²) in [5.74, 6) is -3.40. The number of ketones is 1. The second-order valence-electron chi connectivity index (χ2n) is 2.48. The maximum absolute atomic E-state index is 12.7. The summed E-state index contributed by atoms with van der Waals surface area (Å²) in [5, 5.41) is 8.43. The Kier molecular flexibility index (Phi) is 2.81. The molecule has 1 N–H and O–H groups in total. The van der Waals surface area contributed by atoms with Gasteiger partial charge in [0.2, 0.25) is 0 Å². The molecular formula is C9H7FO4. The van der Waals surface area contributed by atoms with Crippen LogP contribution in [-0.2, 0) is 4.79 Å². The molecule has 0 aliphatic rings. The largest absolute Gasteiger partial charge is 0.496 e. The fraction of sp³-hybridized carbons (Fsp3) is 0.111. The highest BCUT2D eigenvalue weighted by Gasteiger charge is 2.19. The second kappa shape index (κ2) is 3.87. The fourth-order valence-electron chi connectivity index (χ4n) is 0.968. The van der Waals surface area contributed by atoms with E-state index in [-0.39, 0.29) is 11.3 Å². The second-order valence-corrected chi connectivity index (χ2v) is 2.48. The van der Waals surface area contributed by atoms with E-state index in [1.165, 1.54) is 7.11 Å². The van der Waals surface area contributed by atoms with Crippen LogP contribution in [0.25, 0.3) is 0 Å². The Morgan fingerprint density at radius 3 is 2.57 bits per heavy atom. The van der Waals surface area contributed by atoms with Gasteiger partial charge in [0.15, 0.2) is 0 Å². The molecule has 0 aliphatic heterocycles. The van der Waals surface area contributed by atoms with E-state index in [0.717, 1.165) is 18.2 Å². The van der Waals surface area contributed by atoms with E-state index in [1.807, 2.05) is 0 Å². The summed E-state index contributed by atoms with van der Waals surface area (Å²) in [7, 11) is 1.23. The molecule has 0 aromatic heterocycles. The molecule has 0 saturated carbocycles. The van der Waals surface area contributed by atoms with Gasteiger partial charge < -0.3 is 9.84 Å². The zero-order valence-electron chi connectivity index (χ0n) is 7.28. The first-order chi connectivity index (χ1) is 6.56. The predicted octanol–water partition coefficient (Wildman–Crippen LogP) is 1.10. The Morgan fingerprint density at radius 2 is 2.07 bits per heavy atom. The number of carboxylic acid groups (broad SMARTS) is 1. The van der Waals surface area contributed by atoms with Crippen molar-refractivity contribution in [2.45, 2.75) is 0 Å². The van der Waals surface area contributed by atoms with Gasteiger partial charge in [-0.15, -0.1) is 0 Å². The van der Waals surface area contributed by atoms with Gasteiger partial charge in [-0.3, -0.25) is 4.79 Å². The van der Waals surface area contributed by atoms with Gasteiger partial charge in [0.25, 0.3) is 5.78 Å². The molecular weight excluding hydrogens is 191 g/mol. The van der Waals surface area contributed by atoms with Crippen molar-refractivity contribution in [3.8, 4) is 5.75 Å². The molecule has 0 spiro atoms. The zero-order chi connectivity index (χ0) is 10.7. The number of rotatable bonds is 3. The molecule has 1 aromatic rings. The normalized spacial score (nSPS) is 9.57. The minimum atomic E-state index is -1.60. The first-order valence-corrected chi connectivity index (χ1v) is 3.67. The van der Waals surface area contributed by atoms with E-state index in [0.29, 0.717) is 0 Å². The number of carboxylic acids is 1. The number of ether oxygens (including phenoxy) is 1. The molecule has 4 nitrogen and oxygen atoms in total. The van der Waals surface area contributed by atoms with Gasteiger partial charge in [-0.1, -0.05) is 0 Å². The molecule has 0 unspecified atom stereocenters. The zero-order valence-corrected chi connectivity index (χ0v) is 7.28. The monoisotopic (exact) mass is 198 g/mol. The van der Waals surface area contributed by atoms with Gasteiger partial charge in [0.1, 0.15) is 11.6 Å². The first-order valence-electron chi connectivity index (χ1n) is 3.67. The molecule has 0 fully saturated rings. The summed E-state index contributed by atoms with van der Waals surface area (Å²) < 4.78 is 17.3. The number of carbonyl (C=O) groups excluding carboxylic acids is 1. The Hall–Kier alpha value is -1.91. The Labute approximate surface area is 78.9 Å². The van der Waals surface area contributed by atoms with Crippen LogP contribution in [0.2, 0.25) is 0 Å². The number of Topliss-reactive ketones (excluding diaryl/α,β-unsaturated/α-hetero) is 1. The SMILES string of the molecule is COc1cc(F)ccc1C(=O)C(=O)O. The predicted molar refractivity (Wildman–Crippen MR) is 44.9 cm³/mol. The van der Waals surface area contributed by atoms with Crippen molar-refractivity contribution in [1.29, 1.82) is 0 Å². The number of methoxy groups -OCH3 is 1. The van der Waals surface area contributed by atoms with Crippen molar-refractivity contribution in [2.24, 2.45) is 0 Å². The minimum Gasteiger partial charge on any atom is -0.496 e. The van der Waals surface area contributed by atoms with Crippen LogP contribution in [0.1, 0.15) is 10.4 Å². The maximum Gasteiger partial charge on any atom is 0.377 e. The topological polar surface area (TPSA) is 63.6 Å². The molecule has 1 rings (SSSR count). The van der Waals surface area contributed by atoms with E-state index in [1.54, 1.807) is 0 Å². The van der Waals surface area contributed by atoms with Crippen molar-refractivity contribution >= 4 is 11.8 Å². The summed E-state index contributed by atoms with van der Waals surface area (Å²) in [4.78, 5) is 21.4. The van der Waals surface area contributed by atoms with Crippen LogP contribution >= 0.6 is 0 Å².